The van der Waals surface area contributed by atoms with E-state index in [4.69, 9.17) is 5.73 Å². The fourth-order valence-corrected chi connectivity index (χ4v) is 2.46. The molecule has 2 rings (SSSR count). The number of hydrogen-bond donors (Lipinski definition) is 1. The van der Waals surface area contributed by atoms with E-state index in [1.165, 1.54) is 15.6 Å². The maximum atomic E-state index is 5.76. The first-order chi connectivity index (χ1) is 6.66. The van der Waals surface area contributed by atoms with Crippen molar-refractivity contribution in [2.45, 2.75) is 26.3 Å². The van der Waals surface area contributed by atoms with Crippen LogP contribution in [-0.2, 0) is 6.42 Å². The summed E-state index contributed by atoms with van der Waals surface area (Å²) in [4.78, 5) is 0. The van der Waals surface area contributed by atoms with Crippen molar-refractivity contribution >= 4 is 21.6 Å². The minimum atomic E-state index is 0.224. The Bertz CT molecular complexity index is 445. The lowest BCUT2D eigenvalue weighted by atomic mass is 10.1. The third-order valence-electron chi connectivity index (χ3n) is 2.27. The van der Waals surface area contributed by atoms with Gasteiger partial charge in [0.1, 0.15) is 0 Å². The molecule has 0 amide bonds. The molecule has 0 aliphatic carbocycles. The third kappa shape index (κ3) is 1.79. The van der Waals surface area contributed by atoms with Gasteiger partial charge in [0, 0.05) is 11.4 Å². The van der Waals surface area contributed by atoms with Crippen LogP contribution in [0.2, 0.25) is 0 Å². The maximum Gasteiger partial charge on any atom is 0.0589 e. The van der Waals surface area contributed by atoms with Crippen LogP contribution in [0.25, 0.3) is 10.1 Å². The molecule has 1 atom stereocenters. The van der Waals surface area contributed by atoms with Gasteiger partial charge in [0.05, 0.1) is 10.4 Å². The van der Waals surface area contributed by atoms with Crippen LogP contribution in [-0.4, -0.2) is 10.4 Å². The summed E-state index contributed by atoms with van der Waals surface area (Å²) in [7, 11) is 0. The predicted molar refractivity (Wildman–Crippen MR) is 61.7 cm³/mol. The second kappa shape index (κ2) is 3.67. The van der Waals surface area contributed by atoms with Crippen LogP contribution < -0.4 is 5.73 Å². The smallest absolute Gasteiger partial charge is 0.0589 e. The molecule has 0 aliphatic heterocycles. The first-order valence-electron chi connectivity index (χ1n) is 4.77. The van der Waals surface area contributed by atoms with Crippen LogP contribution in [0.15, 0.2) is 18.2 Å². The highest BCUT2D eigenvalue weighted by Gasteiger charge is 2.03. The van der Waals surface area contributed by atoms with Crippen molar-refractivity contribution < 1.29 is 0 Å². The van der Waals surface area contributed by atoms with E-state index in [2.05, 4.69) is 22.6 Å². The zero-order chi connectivity index (χ0) is 10.1. The topological polar surface area (TPSA) is 38.9 Å². The Kier molecular flexibility index (Phi) is 2.52. The van der Waals surface area contributed by atoms with Crippen molar-refractivity contribution in [3.63, 3.8) is 0 Å². The molecule has 0 aliphatic rings. The number of benzene rings is 1. The van der Waals surface area contributed by atoms with Crippen LogP contribution >= 0.6 is 11.5 Å². The lowest BCUT2D eigenvalue weighted by Crippen LogP contribution is -2.17. The number of rotatable bonds is 2. The fraction of sp³-hybridized carbons (Fsp3) is 0.364. The summed E-state index contributed by atoms with van der Waals surface area (Å²) in [5.41, 5.74) is 8.19. The zero-order valence-electron chi connectivity index (χ0n) is 8.45. The molecule has 1 aromatic carbocycles. The van der Waals surface area contributed by atoms with Crippen molar-refractivity contribution in [1.82, 2.24) is 4.37 Å². The molecule has 0 fully saturated rings. The molecule has 3 heteroatoms. The van der Waals surface area contributed by atoms with Gasteiger partial charge in [0.15, 0.2) is 0 Å². The number of fused-ring (bicyclic) bond motifs is 1. The highest BCUT2D eigenvalue weighted by molar-refractivity contribution is 7.13. The average molecular weight is 206 g/mol. The van der Waals surface area contributed by atoms with Crippen LogP contribution in [0.5, 0.6) is 0 Å². The largest absolute Gasteiger partial charge is 0.328 e. The Balaban J connectivity index is 2.42. The molecule has 0 saturated heterocycles. The Labute approximate surface area is 87.9 Å². The number of aromatic nitrogens is 1. The van der Waals surface area contributed by atoms with Gasteiger partial charge in [-0.15, -0.1) is 0 Å². The van der Waals surface area contributed by atoms with Gasteiger partial charge in [0.25, 0.3) is 0 Å². The van der Waals surface area contributed by atoms with Crippen LogP contribution in [0, 0.1) is 6.92 Å². The van der Waals surface area contributed by atoms with E-state index in [1.54, 1.807) is 11.5 Å². The molecule has 2 aromatic rings. The maximum absolute atomic E-state index is 5.76. The number of nitrogens with two attached hydrogens (primary N) is 1. The van der Waals surface area contributed by atoms with E-state index < -0.39 is 0 Å². The molecule has 1 heterocycles. The lowest BCUT2D eigenvalue weighted by molar-refractivity contribution is 0.739. The molecule has 1 unspecified atom stereocenters. The molecule has 1 aromatic heterocycles. The highest BCUT2D eigenvalue weighted by Crippen LogP contribution is 2.23. The average Bonchev–Trinajstić information content (AvgIpc) is 2.46. The molecule has 2 nitrogen and oxygen atoms in total. The summed E-state index contributed by atoms with van der Waals surface area (Å²) >= 11 is 1.56. The second-order valence-electron chi connectivity index (χ2n) is 3.78. The SMILES string of the molecule is Cc1nsc2cc(CC(C)N)ccc12. The normalized spacial score (nSPS) is 13.4. The summed E-state index contributed by atoms with van der Waals surface area (Å²) < 4.78 is 5.59. The van der Waals surface area contributed by atoms with E-state index >= 15 is 0 Å². The van der Waals surface area contributed by atoms with Crippen molar-refractivity contribution in [3.8, 4) is 0 Å². The second-order valence-corrected chi connectivity index (χ2v) is 4.58. The van der Waals surface area contributed by atoms with Gasteiger partial charge in [-0.05, 0) is 43.4 Å². The number of hydrogen-bond acceptors (Lipinski definition) is 3. The van der Waals surface area contributed by atoms with E-state index in [0.717, 1.165) is 12.1 Å². The summed E-state index contributed by atoms with van der Waals surface area (Å²) in [6.45, 7) is 4.08. The van der Waals surface area contributed by atoms with Gasteiger partial charge in [-0.2, -0.15) is 4.37 Å². The first-order valence-corrected chi connectivity index (χ1v) is 5.54. The van der Waals surface area contributed by atoms with E-state index in [-0.39, 0.29) is 6.04 Å². The lowest BCUT2D eigenvalue weighted by Gasteiger charge is -2.04. The van der Waals surface area contributed by atoms with Crippen molar-refractivity contribution in [2.75, 3.05) is 0 Å². The Hall–Kier alpha value is -0.930. The summed E-state index contributed by atoms with van der Waals surface area (Å²) in [6, 6.07) is 6.71. The van der Waals surface area contributed by atoms with Crippen LogP contribution in [0.3, 0.4) is 0 Å². The predicted octanol–water partition coefficient (Wildman–Crippen LogP) is 2.49. The molecule has 14 heavy (non-hydrogen) atoms. The molecule has 0 spiro atoms. The summed E-state index contributed by atoms with van der Waals surface area (Å²) in [5.74, 6) is 0. The van der Waals surface area contributed by atoms with E-state index in [0.29, 0.717) is 0 Å². The Morgan fingerprint density at radius 2 is 2.29 bits per heavy atom. The Morgan fingerprint density at radius 1 is 1.50 bits per heavy atom. The molecule has 0 bridgehead atoms. The van der Waals surface area contributed by atoms with Gasteiger partial charge < -0.3 is 5.73 Å². The summed E-state index contributed by atoms with van der Waals surface area (Å²) in [6.07, 6.45) is 0.937. The van der Waals surface area contributed by atoms with Gasteiger partial charge in [0.2, 0.25) is 0 Å². The van der Waals surface area contributed by atoms with Crippen LogP contribution in [0.4, 0.5) is 0 Å². The first kappa shape index (κ1) is 9.62. The Morgan fingerprint density at radius 3 is 3.00 bits per heavy atom. The van der Waals surface area contributed by atoms with Crippen molar-refractivity contribution in [3.05, 3.63) is 29.5 Å². The minimum Gasteiger partial charge on any atom is -0.328 e. The molecular formula is C11H14N2S. The molecule has 0 saturated carbocycles. The van der Waals surface area contributed by atoms with Gasteiger partial charge in [-0.3, -0.25) is 0 Å². The molecule has 0 radical (unpaired) electrons. The number of nitrogens with zero attached hydrogens (tertiary/aromatic N) is 1. The monoisotopic (exact) mass is 206 g/mol. The third-order valence-corrected chi connectivity index (χ3v) is 3.17. The van der Waals surface area contributed by atoms with Gasteiger partial charge >= 0.3 is 0 Å². The quantitative estimate of drug-likeness (QED) is 0.820. The van der Waals surface area contributed by atoms with E-state index in [1.807, 2.05) is 13.8 Å². The zero-order valence-corrected chi connectivity index (χ0v) is 9.27. The minimum absolute atomic E-state index is 0.224. The fourth-order valence-electron chi connectivity index (χ4n) is 1.61. The van der Waals surface area contributed by atoms with Crippen molar-refractivity contribution in [1.29, 1.82) is 0 Å². The van der Waals surface area contributed by atoms with Gasteiger partial charge in [-0.25, -0.2) is 0 Å². The molecule has 74 valence electrons. The van der Waals surface area contributed by atoms with Gasteiger partial charge in [-0.1, -0.05) is 12.1 Å². The van der Waals surface area contributed by atoms with E-state index in [9.17, 15) is 0 Å². The summed E-state index contributed by atoms with van der Waals surface area (Å²) in [5, 5.41) is 1.27. The van der Waals surface area contributed by atoms with Crippen molar-refractivity contribution in [2.24, 2.45) is 5.73 Å². The molecule has 2 N–H and O–H groups in total. The molecular weight excluding hydrogens is 192 g/mol. The highest BCUT2D eigenvalue weighted by atomic mass is 32.1. The van der Waals surface area contributed by atoms with Crippen LogP contribution in [0.1, 0.15) is 18.2 Å². The standard InChI is InChI=1S/C11H14N2S/c1-7(12)5-9-3-4-10-8(2)13-14-11(10)6-9/h3-4,6-7H,5,12H2,1-2H3. The number of aryl methyl sites for hydroxylation is 1.